The largest absolute Gasteiger partial charge is 0.507 e. The van der Waals surface area contributed by atoms with Gasteiger partial charge in [0.25, 0.3) is 0 Å². The number of nitrogens with zero attached hydrogens (tertiary/aromatic N) is 3. The molecule has 1 aromatic heterocycles. The van der Waals surface area contributed by atoms with Crippen molar-refractivity contribution in [3.8, 4) is 5.75 Å². The van der Waals surface area contributed by atoms with Crippen LogP contribution in [0.1, 0.15) is 28.5 Å². The van der Waals surface area contributed by atoms with Crippen LogP contribution in [-0.2, 0) is 11.3 Å². The van der Waals surface area contributed by atoms with Crippen LogP contribution in [0.15, 0.2) is 40.1 Å². The van der Waals surface area contributed by atoms with Crippen molar-refractivity contribution in [3.05, 3.63) is 63.4 Å². The Hall–Kier alpha value is -2.43. The fraction of sp³-hybridized carbons (Fsp3) is 0.333. The topological polar surface area (TPSA) is 91.4 Å². The highest BCUT2D eigenvalue weighted by atomic mass is 16.5. The molecule has 1 heterocycles. The van der Waals surface area contributed by atoms with E-state index >= 15 is 0 Å². The molecule has 0 saturated carbocycles. The first-order chi connectivity index (χ1) is 10.1. The number of azide groups is 1. The van der Waals surface area contributed by atoms with Crippen LogP contribution in [0.5, 0.6) is 5.75 Å². The Morgan fingerprint density at radius 1 is 1.38 bits per heavy atom. The molecule has 0 fully saturated rings. The van der Waals surface area contributed by atoms with Crippen molar-refractivity contribution in [2.45, 2.75) is 26.5 Å². The molecule has 0 amide bonds. The Morgan fingerprint density at radius 2 is 2.10 bits per heavy atom. The Morgan fingerprint density at radius 3 is 2.67 bits per heavy atom. The van der Waals surface area contributed by atoms with Crippen LogP contribution in [0.4, 0.5) is 0 Å². The van der Waals surface area contributed by atoms with Gasteiger partial charge in [-0.05, 0) is 48.2 Å². The number of ether oxygens (including phenoxy) is 1. The summed E-state index contributed by atoms with van der Waals surface area (Å²) in [7, 11) is 0. The maximum absolute atomic E-state index is 9.73. The first-order valence-corrected chi connectivity index (χ1v) is 6.56. The number of benzene rings is 1. The van der Waals surface area contributed by atoms with Crippen molar-refractivity contribution in [2.75, 3.05) is 6.61 Å². The summed E-state index contributed by atoms with van der Waals surface area (Å²) in [5.41, 5.74) is 11.2. The minimum Gasteiger partial charge on any atom is -0.507 e. The van der Waals surface area contributed by atoms with Crippen LogP contribution in [0.2, 0.25) is 0 Å². The van der Waals surface area contributed by atoms with Gasteiger partial charge >= 0.3 is 0 Å². The number of phenolic OH excluding ortho intramolecular Hbond substituents is 1. The van der Waals surface area contributed by atoms with E-state index in [9.17, 15) is 5.11 Å². The molecule has 0 aliphatic heterocycles. The molecule has 0 spiro atoms. The highest BCUT2D eigenvalue weighted by molar-refractivity contribution is 5.41. The van der Waals surface area contributed by atoms with Crippen molar-refractivity contribution in [1.82, 2.24) is 0 Å². The molecule has 0 bridgehead atoms. The third-order valence-electron chi connectivity index (χ3n) is 3.16. The van der Waals surface area contributed by atoms with Gasteiger partial charge in [-0.3, -0.25) is 0 Å². The summed E-state index contributed by atoms with van der Waals surface area (Å²) < 4.78 is 10.8. The van der Waals surface area contributed by atoms with E-state index in [0.29, 0.717) is 18.1 Å². The van der Waals surface area contributed by atoms with E-state index in [-0.39, 0.29) is 6.61 Å². The first kappa shape index (κ1) is 15.0. The number of phenols is 1. The van der Waals surface area contributed by atoms with Crippen LogP contribution in [0, 0.1) is 13.8 Å². The molecule has 0 aliphatic rings. The standard InChI is InChI=1S/C15H17N3O3/c1-10-6-12(7-11(2)15(10)19)8-20-9-13(17-18-16)14-4-3-5-21-14/h3-7,13,19H,8-9H2,1-2H3. The number of hydrogen-bond acceptors (Lipinski definition) is 4. The number of rotatable bonds is 6. The van der Waals surface area contributed by atoms with Gasteiger partial charge < -0.3 is 14.3 Å². The lowest BCUT2D eigenvalue weighted by molar-refractivity contribution is 0.103. The van der Waals surface area contributed by atoms with Crippen molar-refractivity contribution in [2.24, 2.45) is 5.11 Å². The minimum atomic E-state index is -0.482. The predicted molar refractivity (Wildman–Crippen MR) is 77.8 cm³/mol. The van der Waals surface area contributed by atoms with Crippen LogP contribution in [0.25, 0.3) is 10.4 Å². The van der Waals surface area contributed by atoms with E-state index in [4.69, 9.17) is 14.7 Å². The lowest BCUT2D eigenvalue weighted by Crippen LogP contribution is -2.05. The molecule has 1 atom stereocenters. The maximum atomic E-state index is 9.73. The molecule has 1 N–H and O–H groups in total. The molecular weight excluding hydrogens is 270 g/mol. The van der Waals surface area contributed by atoms with Crippen LogP contribution in [-0.4, -0.2) is 11.7 Å². The van der Waals surface area contributed by atoms with Gasteiger partial charge in [0.2, 0.25) is 0 Å². The third kappa shape index (κ3) is 3.78. The van der Waals surface area contributed by atoms with E-state index < -0.39 is 6.04 Å². The van der Waals surface area contributed by atoms with Gasteiger partial charge in [0, 0.05) is 4.91 Å². The highest BCUT2D eigenvalue weighted by Crippen LogP contribution is 2.24. The molecule has 2 rings (SSSR count). The fourth-order valence-corrected chi connectivity index (χ4v) is 2.13. The van der Waals surface area contributed by atoms with Crippen molar-refractivity contribution >= 4 is 0 Å². The number of aryl methyl sites for hydroxylation is 2. The van der Waals surface area contributed by atoms with Crippen LogP contribution in [0.3, 0.4) is 0 Å². The third-order valence-corrected chi connectivity index (χ3v) is 3.16. The van der Waals surface area contributed by atoms with E-state index in [1.807, 2.05) is 26.0 Å². The van der Waals surface area contributed by atoms with E-state index in [1.165, 1.54) is 6.26 Å². The van der Waals surface area contributed by atoms with Crippen LogP contribution < -0.4 is 0 Å². The molecule has 6 nitrogen and oxygen atoms in total. The van der Waals surface area contributed by atoms with Gasteiger partial charge in [-0.25, -0.2) is 0 Å². The SMILES string of the molecule is Cc1cc(COCC(N=[N+]=[N-])c2ccco2)cc(C)c1O. The zero-order valence-corrected chi connectivity index (χ0v) is 12.0. The molecule has 6 heteroatoms. The predicted octanol–water partition coefficient (Wildman–Crippen LogP) is 4.17. The molecule has 21 heavy (non-hydrogen) atoms. The Labute approximate surface area is 122 Å². The van der Waals surface area contributed by atoms with Gasteiger partial charge in [-0.1, -0.05) is 17.2 Å². The summed E-state index contributed by atoms with van der Waals surface area (Å²) in [5.74, 6) is 0.882. The molecule has 0 radical (unpaired) electrons. The fourth-order valence-electron chi connectivity index (χ4n) is 2.13. The average molecular weight is 287 g/mol. The average Bonchev–Trinajstić information content (AvgIpc) is 2.98. The molecule has 0 aliphatic carbocycles. The van der Waals surface area contributed by atoms with Crippen molar-refractivity contribution < 1.29 is 14.3 Å². The Bertz CT molecular complexity index is 623. The quantitative estimate of drug-likeness (QED) is 0.491. The summed E-state index contributed by atoms with van der Waals surface area (Å²) in [6.07, 6.45) is 1.53. The summed E-state index contributed by atoms with van der Waals surface area (Å²) in [6.45, 7) is 4.30. The second-order valence-electron chi connectivity index (χ2n) is 4.83. The molecule has 0 saturated heterocycles. The molecule has 2 aromatic rings. The van der Waals surface area contributed by atoms with Crippen molar-refractivity contribution in [3.63, 3.8) is 0 Å². The summed E-state index contributed by atoms with van der Waals surface area (Å²) in [4.78, 5) is 2.81. The van der Waals surface area contributed by atoms with Gasteiger partial charge in [0.05, 0.1) is 19.5 Å². The molecule has 1 aromatic carbocycles. The first-order valence-electron chi connectivity index (χ1n) is 6.56. The number of furan rings is 1. The van der Waals surface area contributed by atoms with E-state index in [2.05, 4.69) is 10.0 Å². The number of aromatic hydroxyl groups is 1. The summed E-state index contributed by atoms with van der Waals surface area (Å²) in [5, 5.41) is 13.4. The lowest BCUT2D eigenvalue weighted by atomic mass is 10.1. The highest BCUT2D eigenvalue weighted by Gasteiger charge is 2.13. The lowest BCUT2D eigenvalue weighted by Gasteiger charge is -2.11. The minimum absolute atomic E-state index is 0.233. The maximum Gasteiger partial charge on any atom is 0.121 e. The normalized spacial score (nSPS) is 11.9. The second kappa shape index (κ2) is 6.83. The van der Waals surface area contributed by atoms with Gasteiger partial charge in [0.1, 0.15) is 17.6 Å². The van der Waals surface area contributed by atoms with Gasteiger partial charge in [-0.15, -0.1) is 0 Å². The van der Waals surface area contributed by atoms with Crippen LogP contribution >= 0.6 is 0 Å². The Kier molecular flexibility index (Phi) is 4.87. The van der Waals surface area contributed by atoms with E-state index in [0.717, 1.165) is 16.7 Å². The molecule has 110 valence electrons. The van der Waals surface area contributed by atoms with Crippen molar-refractivity contribution in [1.29, 1.82) is 0 Å². The zero-order valence-electron chi connectivity index (χ0n) is 12.0. The Balaban J connectivity index is 1.98. The monoisotopic (exact) mass is 287 g/mol. The second-order valence-corrected chi connectivity index (χ2v) is 4.83. The number of hydrogen-bond donors (Lipinski definition) is 1. The molecular formula is C15H17N3O3. The van der Waals surface area contributed by atoms with E-state index in [1.54, 1.807) is 12.1 Å². The summed E-state index contributed by atoms with van der Waals surface area (Å²) >= 11 is 0. The van der Waals surface area contributed by atoms with Gasteiger partial charge in [-0.2, -0.15) is 0 Å². The summed E-state index contributed by atoms with van der Waals surface area (Å²) in [6, 6.07) is 6.75. The zero-order chi connectivity index (χ0) is 15.2. The smallest absolute Gasteiger partial charge is 0.121 e. The molecule has 1 unspecified atom stereocenters. The van der Waals surface area contributed by atoms with Gasteiger partial charge in [0.15, 0.2) is 0 Å².